The predicted molar refractivity (Wildman–Crippen MR) is 78.1 cm³/mol. The lowest BCUT2D eigenvalue weighted by Crippen LogP contribution is -2.42. The molecule has 1 saturated carbocycles. The minimum absolute atomic E-state index is 0.218. The van der Waals surface area contributed by atoms with Crippen LogP contribution in [-0.2, 0) is 4.74 Å². The summed E-state index contributed by atoms with van der Waals surface area (Å²) in [6.45, 7) is 7.08. The topological polar surface area (TPSA) is 71.1 Å². The molecule has 2 aliphatic rings. The first kappa shape index (κ1) is 14.4. The lowest BCUT2D eigenvalue weighted by atomic mass is 9.98. The molecule has 1 atom stereocenters. The van der Waals surface area contributed by atoms with Crippen LogP contribution in [0.4, 0.5) is 4.79 Å². The van der Waals surface area contributed by atoms with Crippen molar-refractivity contribution < 1.29 is 9.53 Å². The molecule has 0 radical (unpaired) electrons. The summed E-state index contributed by atoms with van der Waals surface area (Å²) >= 11 is 0. The highest BCUT2D eigenvalue weighted by Crippen LogP contribution is 2.38. The Morgan fingerprint density at radius 3 is 2.71 bits per heavy atom. The molecule has 0 spiro atoms. The van der Waals surface area contributed by atoms with Crippen molar-refractivity contribution >= 4 is 6.09 Å². The lowest BCUT2D eigenvalue weighted by Gasteiger charge is -2.33. The molecular formula is C15H24N4O2. The number of ether oxygens (including phenoxy) is 1. The minimum Gasteiger partial charge on any atom is -0.444 e. The van der Waals surface area contributed by atoms with Gasteiger partial charge in [-0.2, -0.15) is 5.10 Å². The largest absolute Gasteiger partial charge is 0.444 e. The van der Waals surface area contributed by atoms with Gasteiger partial charge in [-0.25, -0.2) is 9.78 Å². The number of aromatic amines is 1. The van der Waals surface area contributed by atoms with Crippen molar-refractivity contribution in [2.45, 2.75) is 63.9 Å². The van der Waals surface area contributed by atoms with Gasteiger partial charge < -0.3 is 9.64 Å². The molecule has 6 heteroatoms. The highest BCUT2D eigenvalue weighted by Gasteiger charge is 2.32. The van der Waals surface area contributed by atoms with E-state index in [-0.39, 0.29) is 12.0 Å². The van der Waals surface area contributed by atoms with Gasteiger partial charge in [-0.1, -0.05) is 0 Å². The third-order valence-electron chi connectivity index (χ3n) is 3.92. The van der Waals surface area contributed by atoms with Crippen LogP contribution < -0.4 is 0 Å². The molecule has 2 fully saturated rings. The molecule has 2 heterocycles. The van der Waals surface area contributed by atoms with Gasteiger partial charge in [-0.15, -0.1) is 0 Å². The minimum atomic E-state index is -0.451. The fourth-order valence-corrected chi connectivity index (χ4v) is 2.69. The Balaban J connectivity index is 1.63. The number of amides is 1. The molecule has 21 heavy (non-hydrogen) atoms. The molecule has 6 nitrogen and oxygen atoms in total. The first-order valence-corrected chi connectivity index (χ1v) is 7.82. The van der Waals surface area contributed by atoms with E-state index in [0.717, 1.165) is 31.0 Å². The summed E-state index contributed by atoms with van der Waals surface area (Å²) in [5, 5.41) is 7.41. The maximum absolute atomic E-state index is 12.2. The van der Waals surface area contributed by atoms with E-state index < -0.39 is 5.60 Å². The van der Waals surface area contributed by atoms with Crippen molar-refractivity contribution in [1.82, 2.24) is 20.1 Å². The van der Waals surface area contributed by atoms with E-state index in [1.807, 2.05) is 20.8 Å². The fourth-order valence-electron chi connectivity index (χ4n) is 2.69. The number of aromatic nitrogens is 3. The normalized spacial score (nSPS) is 23.2. The number of nitrogens with one attached hydrogen (secondary N) is 1. The summed E-state index contributed by atoms with van der Waals surface area (Å²) in [6, 6.07) is 0. The number of rotatable bonds is 2. The molecule has 1 aromatic rings. The van der Waals surface area contributed by atoms with E-state index in [1.165, 1.54) is 12.8 Å². The molecular weight excluding hydrogens is 268 g/mol. The zero-order chi connectivity index (χ0) is 15.0. The van der Waals surface area contributed by atoms with Crippen molar-refractivity contribution in [2.75, 3.05) is 13.1 Å². The highest BCUT2D eigenvalue weighted by molar-refractivity contribution is 5.68. The Morgan fingerprint density at radius 2 is 2.05 bits per heavy atom. The van der Waals surface area contributed by atoms with Gasteiger partial charge in [0.25, 0.3) is 0 Å². The van der Waals surface area contributed by atoms with Crippen LogP contribution in [0.15, 0.2) is 0 Å². The van der Waals surface area contributed by atoms with Crippen molar-refractivity contribution in [3.05, 3.63) is 11.6 Å². The summed E-state index contributed by atoms with van der Waals surface area (Å²) < 4.78 is 5.45. The quantitative estimate of drug-likeness (QED) is 0.910. The summed E-state index contributed by atoms with van der Waals surface area (Å²) in [5.74, 6) is 2.66. The van der Waals surface area contributed by atoms with E-state index >= 15 is 0 Å². The first-order valence-electron chi connectivity index (χ1n) is 7.82. The van der Waals surface area contributed by atoms with Gasteiger partial charge in [0, 0.05) is 24.9 Å². The van der Waals surface area contributed by atoms with Crippen molar-refractivity contribution in [2.24, 2.45) is 0 Å². The molecule has 1 aliphatic carbocycles. The van der Waals surface area contributed by atoms with Crippen LogP contribution in [0.25, 0.3) is 0 Å². The van der Waals surface area contributed by atoms with Gasteiger partial charge in [-0.3, -0.25) is 5.10 Å². The highest BCUT2D eigenvalue weighted by atomic mass is 16.6. The molecule has 116 valence electrons. The standard InChI is InChI=1S/C15H24N4O2/c1-15(2,3)21-14(20)19-8-4-5-11(9-19)13-16-12(17-18-13)10-6-7-10/h10-11H,4-9H2,1-3H3,(H,16,17,18)/t11-/m0/s1. The summed E-state index contributed by atoms with van der Waals surface area (Å²) in [7, 11) is 0. The van der Waals surface area contributed by atoms with Crippen LogP contribution in [0.1, 0.15) is 69.9 Å². The van der Waals surface area contributed by atoms with E-state index in [0.29, 0.717) is 12.5 Å². The molecule has 1 aromatic heterocycles. The van der Waals surface area contributed by atoms with E-state index in [2.05, 4.69) is 15.2 Å². The number of carbonyl (C=O) groups excluding carboxylic acids is 1. The van der Waals surface area contributed by atoms with E-state index in [4.69, 9.17) is 4.74 Å². The molecule has 1 amide bonds. The van der Waals surface area contributed by atoms with E-state index in [9.17, 15) is 4.79 Å². The van der Waals surface area contributed by atoms with Crippen molar-refractivity contribution in [3.8, 4) is 0 Å². The number of H-pyrrole nitrogens is 1. The fraction of sp³-hybridized carbons (Fsp3) is 0.800. The lowest BCUT2D eigenvalue weighted by molar-refractivity contribution is 0.0196. The SMILES string of the molecule is CC(C)(C)OC(=O)N1CCC[C@H](c2n[nH]c(C3CC3)n2)C1. The Hall–Kier alpha value is -1.59. The Labute approximate surface area is 125 Å². The zero-order valence-electron chi connectivity index (χ0n) is 13.1. The molecule has 1 N–H and O–H groups in total. The third-order valence-corrected chi connectivity index (χ3v) is 3.92. The Bertz CT molecular complexity index is 516. The molecule has 1 saturated heterocycles. The van der Waals surface area contributed by atoms with Crippen LogP contribution in [0, 0.1) is 0 Å². The van der Waals surface area contributed by atoms with Gasteiger partial charge in [-0.05, 0) is 46.5 Å². The number of likely N-dealkylation sites (tertiary alicyclic amines) is 1. The number of nitrogens with zero attached hydrogens (tertiary/aromatic N) is 3. The average Bonchev–Trinajstić information content (AvgIpc) is 3.15. The predicted octanol–water partition coefficient (Wildman–Crippen LogP) is 2.80. The van der Waals surface area contributed by atoms with Gasteiger partial charge >= 0.3 is 6.09 Å². The second-order valence-corrected chi connectivity index (χ2v) is 7.12. The van der Waals surface area contributed by atoms with Crippen LogP contribution in [0.3, 0.4) is 0 Å². The summed E-state index contributed by atoms with van der Waals surface area (Å²) in [4.78, 5) is 18.6. The summed E-state index contributed by atoms with van der Waals surface area (Å²) in [6.07, 6.45) is 4.19. The van der Waals surface area contributed by atoms with Crippen LogP contribution >= 0.6 is 0 Å². The second-order valence-electron chi connectivity index (χ2n) is 7.12. The van der Waals surface area contributed by atoms with Gasteiger partial charge in [0.1, 0.15) is 11.4 Å². The second kappa shape index (κ2) is 5.31. The first-order chi connectivity index (χ1) is 9.92. The third kappa shape index (κ3) is 3.54. The van der Waals surface area contributed by atoms with Crippen LogP contribution in [0.2, 0.25) is 0 Å². The van der Waals surface area contributed by atoms with Gasteiger partial charge in [0.15, 0.2) is 5.82 Å². The number of hydrogen-bond donors (Lipinski definition) is 1. The Morgan fingerprint density at radius 1 is 1.29 bits per heavy atom. The zero-order valence-corrected chi connectivity index (χ0v) is 13.1. The molecule has 0 aromatic carbocycles. The number of piperidine rings is 1. The molecule has 0 unspecified atom stereocenters. The van der Waals surface area contributed by atoms with E-state index in [1.54, 1.807) is 4.90 Å². The smallest absolute Gasteiger partial charge is 0.410 e. The van der Waals surface area contributed by atoms with Crippen molar-refractivity contribution in [3.63, 3.8) is 0 Å². The van der Waals surface area contributed by atoms with Crippen molar-refractivity contribution in [1.29, 1.82) is 0 Å². The molecule has 3 rings (SSSR count). The maximum atomic E-state index is 12.2. The molecule has 1 aliphatic heterocycles. The van der Waals surface area contributed by atoms with Crippen LogP contribution in [-0.4, -0.2) is 44.9 Å². The van der Waals surface area contributed by atoms with Gasteiger partial charge in [0.2, 0.25) is 0 Å². The van der Waals surface area contributed by atoms with Crippen LogP contribution in [0.5, 0.6) is 0 Å². The summed E-state index contributed by atoms with van der Waals surface area (Å²) in [5.41, 5.74) is -0.451. The average molecular weight is 292 g/mol. The number of hydrogen-bond acceptors (Lipinski definition) is 4. The van der Waals surface area contributed by atoms with Gasteiger partial charge in [0.05, 0.1) is 0 Å². The molecule has 0 bridgehead atoms. The maximum Gasteiger partial charge on any atom is 0.410 e. The Kier molecular flexibility index (Phi) is 3.63. The number of carbonyl (C=O) groups is 1. The monoisotopic (exact) mass is 292 g/mol.